The van der Waals surface area contributed by atoms with Crippen LogP contribution in [0.1, 0.15) is 32.0 Å². The quantitative estimate of drug-likeness (QED) is 0.667. The highest BCUT2D eigenvalue weighted by Gasteiger charge is 2.17. The molecular weight excluding hydrogens is 340 g/mol. The lowest BCUT2D eigenvalue weighted by Crippen LogP contribution is -2.27. The van der Waals surface area contributed by atoms with Gasteiger partial charge in [-0.2, -0.15) is 0 Å². The number of benzene rings is 2. The maximum absolute atomic E-state index is 12.1. The van der Waals surface area contributed by atoms with Crippen LogP contribution in [0.5, 0.6) is 5.75 Å². The Morgan fingerprint density at radius 2 is 1.81 bits per heavy atom. The standard InChI is InChI=1S/C22H24N2O3/c1-15-13-16(11-12-23-15)14-26-20-10-9-19(17-7-5-6-8-18(17)20)24-21(25)27-22(2,3)4/h5-13H,14H2,1-4H3,(H,24,25). The molecule has 1 aromatic heterocycles. The highest BCUT2D eigenvalue weighted by atomic mass is 16.6. The smallest absolute Gasteiger partial charge is 0.412 e. The fourth-order valence-electron chi connectivity index (χ4n) is 2.77. The van der Waals surface area contributed by atoms with E-state index in [-0.39, 0.29) is 0 Å². The lowest BCUT2D eigenvalue weighted by Gasteiger charge is -2.20. The van der Waals surface area contributed by atoms with Crippen molar-refractivity contribution in [3.05, 3.63) is 66.0 Å². The summed E-state index contributed by atoms with van der Waals surface area (Å²) in [5, 5.41) is 4.65. The molecule has 0 spiro atoms. The maximum Gasteiger partial charge on any atom is 0.412 e. The van der Waals surface area contributed by atoms with Crippen molar-refractivity contribution in [2.24, 2.45) is 0 Å². The molecule has 0 aliphatic heterocycles. The van der Waals surface area contributed by atoms with Gasteiger partial charge >= 0.3 is 6.09 Å². The van der Waals surface area contributed by atoms with Gasteiger partial charge in [-0.3, -0.25) is 10.3 Å². The predicted octanol–water partition coefficient (Wildman–Crippen LogP) is 5.47. The number of amides is 1. The summed E-state index contributed by atoms with van der Waals surface area (Å²) < 4.78 is 11.4. The minimum atomic E-state index is -0.550. The Balaban J connectivity index is 1.83. The Morgan fingerprint density at radius 1 is 1.07 bits per heavy atom. The Bertz CT molecular complexity index is 961. The van der Waals surface area contributed by atoms with Crippen LogP contribution in [-0.4, -0.2) is 16.7 Å². The number of fused-ring (bicyclic) bond motifs is 1. The van der Waals surface area contributed by atoms with E-state index in [1.807, 2.05) is 76.2 Å². The lowest BCUT2D eigenvalue weighted by molar-refractivity contribution is 0.0636. The molecule has 0 aliphatic carbocycles. The largest absolute Gasteiger partial charge is 0.488 e. The minimum absolute atomic E-state index is 0.451. The summed E-state index contributed by atoms with van der Waals surface area (Å²) in [6, 6.07) is 15.4. The van der Waals surface area contributed by atoms with Gasteiger partial charge in [0.1, 0.15) is 18.0 Å². The number of anilines is 1. The number of aryl methyl sites for hydroxylation is 1. The zero-order valence-corrected chi connectivity index (χ0v) is 16.1. The number of aromatic nitrogens is 1. The molecule has 27 heavy (non-hydrogen) atoms. The van der Waals surface area contributed by atoms with Crippen molar-refractivity contribution in [2.45, 2.75) is 39.9 Å². The topological polar surface area (TPSA) is 60.5 Å². The Kier molecular flexibility index (Phi) is 5.31. The number of nitrogens with one attached hydrogen (secondary N) is 1. The van der Waals surface area contributed by atoms with Gasteiger partial charge < -0.3 is 9.47 Å². The summed E-state index contributed by atoms with van der Waals surface area (Å²) >= 11 is 0. The fourth-order valence-corrected chi connectivity index (χ4v) is 2.77. The SMILES string of the molecule is Cc1cc(COc2ccc(NC(=O)OC(C)(C)C)c3ccccc23)ccn1. The van der Waals surface area contributed by atoms with E-state index < -0.39 is 11.7 Å². The molecule has 2 aromatic carbocycles. The van der Waals surface area contributed by atoms with Crippen molar-refractivity contribution in [1.82, 2.24) is 4.98 Å². The summed E-state index contributed by atoms with van der Waals surface area (Å²) in [6.07, 6.45) is 1.30. The zero-order chi connectivity index (χ0) is 19.4. The van der Waals surface area contributed by atoms with Crippen molar-refractivity contribution >= 4 is 22.6 Å². The van der Waals surface area contributed by atoms with Crippen LogP contribution >= 0.6 is 0 Å². The molecule has 0 bridgehead atoms. The van der Waals surface area contributed by atoms with Gasteiger partial charge in [-0.1, -0.05) is 24.3 Å². The van der Waals surface area contributed by atoms with Crippen LogP contribution in [0.2, 0.25) is 0 Å². The first-order valence-electron chi connectivity index (χ1n) is 8.88. The van der Waals surface area contributed by atoms with Crippen LogP contribution in [0.25, 0.3) is 10.8 Å². The van der Waals surface area contributed by atoms with E-state index in [4.69, 9.17) is 9.47 Å². The maximum atomic E-state index is 12.1. The van der Waals surface area contributed by atoms with Crippen LogP contribution < -0.4 is 10.1 Å². The molecule has 1 N–H and O–H groups in total. The first-order chi connectivity index (χ1) is 12.8. The lowest BCUT2D eigenvalue weighted by atomic mass is 10.1. The Hall–Kier alpha value is -3.08. The number of nitrogens with zero attached hydrogens (tertiary/aromatic N) is 1. The second kappa shape index (κ2) is 7.66. The Morgan fingerprint density at radius 3 is 2.52 bits per heavy atom. The van der Waals surface area contributed by atoms with Crippen LogP contribution in [0, 0.1) is 6.92 Å². The molecule has 0 aliphatic rings. The molecule has 0 radical (unpaired) electrons. The number of carbonyl (C=O) groups excluding carboxylic acids is 1. The minimum Gasteiger partial charge on any atom is -0.488 e. The Labute approximate surface area is 159 Å². The number of carbonyl (C=O) groups is 1. The average Bonchev–Trinajstić information content (AvgIpc) is 2.59. The van der Waals surface area contributed by atoms with Crippen molar-refractivity contribution in [3.63, 3.8) is 0 Å². The van der Waals surface area contributed by atoms with E-state index in [1.54, 1.807) is 6.20 Å². The van der Waals surface area contributed by atoms with E-state index in [1.165, 1.54) is 0 Å². The van der Waals surface area contributed by atoms with Crippen LogP contribution in [0.4, 0.5) is 10.5 Å². The number of pyridine rings is 1. The van der Waals surface area contributed by atoms with E-state index in [0.717, 1.165) is 27.8 Å². The molecule has 3 rings (SSSR count). The van der Waals surface area contributed by atoms with Gasteiger partial charge in [0.05, 0.1) is 5.69 Å². The molecule has 0 saturated heterocycles. The predicted molar refractivity (Wildman–Crippen MR) is 107 cm³/mol. The summed E-state index contributed by atoms with van der Waals surface area (Å²) in [4.78, 5) is 16.3. The molecule has 0 unspecified atom stereocenters. The zero-order valence-electron chi connectivity index (χ0n) is 16.1. The van der Waals surface area contributed by atoms with Crippen molar-refractivity contribution < 1.29 is 14.3 Å². The number of hydrogen-bond acceptors (Lipinski definition) is 4. The van der Waals surface area contributed by atoms with E-state index in [0.29, 0.717) is 12.3 Å². The molecule has 0 atom stereocenters. The van der Waals surface area contributed by atoms with Gasteiger partial charge in [0.25, 0.3) is 0 Å². The molecule has 0 fully saturated rings. The second-order valence-electron chi connectivity index (χ2n) is 7.38. The van der Waals surface area contributed by atoms with Gasteiger partial charge in [0.15, 0.2) is 0 Å². The summed E-state index contributed by atoms with van der Waals surface area (Å²) in [5.41, 5.74) is 2.15. The second-order valence-corrected chi connectivity index (χ2v) is 7.38. The van der Waals surface area contributed by atoms with Gasteiger partial charge in [-0.25, -0.2) is 4.79 Å². The summed E-state index contributed by atoms with van der Waals surface area (Å²) in [5.74, 6) is 0.759. The molecular formula is C22H24N2O3. The fraction of sp³-hybridized carbons (Fsp3) is 0.273. The third-order valence-electron chi connectivity index (χ3n) is 3.88. The molecule has 3 aromatic rings. The molecule has 1 amide bonds. The van der Waals surface area contributed by atoms with Crippen LogP contribution in [0.15, 0.2) is 54.7 Å². The van der Waals surface area contributed by atoms with Gasteiger partial charge in [0.2, 0.25) is 0 Å². The highest BCUT2D eigenvalue weighted by molar-refractivity contribution is 6.02. The van der Waals surface area contributed by atoms with Gasteiger partial charge in [-0.05, 0) is 57.5 Å². The molecule has 1 heterocycles. The van der Waals surface area contributed by atoms with E-state index in [2.05, 4.69) is 10.3 Å². The number of hydrogen-bond donors (Lipinski definition) is 1. The number of ether oxygens (including phenoxy) is 2. The summed E-state index contributed by atoms with van der Waals surface area (Å²) in [7, 11) is 0. The monoisotopic (exact) mass is 364 g/mol. The average molecular weight is 364 g/mol. The van der Waals surface area contributed by atoms with Crippen LogP contribution in [0.3, 0.4) is 0 Å². The highest BCUT2D eigenvalue weighted by Crippen LogP contribution is 2.32. The normalized spacial score (nSPS) is 11.3. The van der Waals surface area contributed by atoms with Crippen molar-refractivity contribution in [2.75, 3.05) is 5.32 Å². The first kappa shape index (κ1) is 18.7. The molecule has 0 saturated carbocycles. The van der Waals surface area contributed by atoms with Crippen molar-refractivity contribution in [3.8, 4) is 5.75 Å². The van der Waals surface area contributed by atoms with Crippen molar-refractivity contribution in [1.29, 1.82) is 0 Å². The third-order valence-corrected chi connectivity index (χ3v) is 3.88. The molecule has 5 nitrogen and oxygen atoms in total. The summed E-state index contributed by atoms with van der Waals surface area (Å²) in [6.45, 7) is 7.91. The van der Waals surface area contributed by atoms with Gasteiger partial charge in [0, 0.05) is 22.7 Å². The molecule has 140 valence electrons. The number of rotatable bonds is 4. The van der Waals surface area contributed by atoms with Gasteiger partial charge in [-0.15, -0.1) is 0 Å². The molecule has 5 heteroatoms. The third kappa shape index (κ3) is 4.97. The van der Waals surface area contributed by atoms with E-state index in [9.17, 15) is 4.79 Å². The first-order valence-corrected chi connectivity index (χ1v) is 8.88. The van der Waals surface area contributed by atoms with E-state index >= 15 is 0 Å². The van der Waals surface area contributed by atoms with Crippen LogP contribution in [-0.2, 0) is 11.3 Å².